The van der Waals surface area contributed by atoms with Crippen LogP contribution in [0.4, 0.5) is 5.69 Å². The molecule has 0 aliphatic carbocycles. The third-order valence-corrected chi connectivity index (χ3v) is 5.55. The van der Waals surface area contributed by atoms with Crippen LogP contribution in [0.2, 0.25) is 0 Å². The highest BCUT2D eigenvalue weighted by molar-refractivity contribution is 7.89. The van der Waals surface area contributed by atoms with Crippen LogP contribution in [0.1, 0.15) is 45.2 Å². The zero-order valence-electron chi connectivity index (χ0n) is 12.9. The van der Waals surface area contributed by atoms with Crippen molar-refractivity contribution >= 4 is 15.7 Å². The predicted molar refractivity (Wildman–Crippen MR) is 84.3 cm³/mol. The summed E-state index contributed by atoms with van der Waals surface area (Å²) in [6.07, 6.45) is 2.20. The Hall–Kier alpha value is -1.07. The van der Waals surface area contributed by atoms with Crippen molar-refractivity contribution in [3.63, 3.8) is 0 Å². The normalized spacial score (nSPS) is 12.1. The molecule has 2 N–H and O–H groups in total. The lowest BCUT2D eigenvalue weighted by Crippen LogP contribution is -2.32. The number of hydrogen-bond acceptors (Lipinski definition) is 3. The fourth-order valence-electron chi connectivity index (χ4n) is 2.38. The topological polar surface area (TPSA) is 63.4 Å². The van der Waals surface area contributed by atoms with Gasteiger partial charge in [-0.25, -0.2) is 8.42 Å². The molecule has 0 aromatic heterocycles. The second-order valence-corrected chi connectivity index (χ2v) is 6.77. The SMILES string of the molecule is CCCN(CC)S(=O)(=O)c1cc(CC)cc(N)c1CC. The van der Waals surface area contributed by atoms with Gasteiger partial charge in [-0.2, -0.15) is 4.31 Å². The van der Waals surface area contributed by atoms with Gasteiger partial charge < -0.3 is 5.73 Å². The van der Waals surface area contributed by atoms with Gasteiger partial charge in [0.15, 0.2) is 0 Å². The van der Waals surface area contributed by atoms with E-state index < -0.39 is 10.0 Å². The molecular formula is C15H26N2O2S. The molecule has 1 rings (SSSR count). The number of hydrogen-bond donors (Lipinski definition) is 1. The molecule has 0 fully saturated rings. The van der Waals surface area contributed by atoms with Crippen LogP contribution < -0.4 is 5.73 Å². The zero-order valence-corrected chi connectivity index (χ0v) is 13.8. The summed E-state index contributed by atoms with van der Waals surface area (Å²) >= 11 is 0. The van der Waals surface area contributed by atoms with E-state index in [2.05, 4.69) is 0 Å². The minimum atomic E-state index is -3.46. The molecule has 0 aliphatic rings. The molecule has 0 heterocycles. The summed E-state index contributed by atoms with van der Waals surface area (Å²) in [5, 5.41) is 0. The van der Waals surface area contributed by atoms with Crippen molar-refractivity contribution in [2.45, 2.75) is 51.9 Å². The molecule has 0 saturated carbocycles. The van der Waals surface area contributed by atoms with Crippen molar-refractivity contribution in [2.75, 3.05) is 18.8 Å². The number of aryl methyl sites for hydroxylation is 1. The summed E-state index contributed by atoms with van der Waals surface area (Å²) in [7, 11) is -3.46. The average Bonchev–Trinajstić information content (AvgIpc) is 2.43. The number of nitrogens with two attached hydrogens (primary N) is 1. The number of nitrogen functional groups attached to an aromatic ring is 1. The van der Waals surface area contributed by atoms with E-state index in [4.69, 9.17) is 5.73 Å². The first-order valence-electron chi connectivity index (χ1n) is 7.33. The molecule has 0 atom stereocenters. The van der Waals surface area contributed by atoms with Crippen LogP contribution in [-0.4, -0.2) is 25.8 Å². The third kappa shape index (κ3) is 3.33. The molecule has 0 radical (unpaired) electrons. The Bertz CT molecular complexity index is 553. The molecule has 0 amide bonds. The molecule has 4 nitrogen and oxygen atoms in total. The second-order valence-electron chi connectivity index (χ2n) is 4.87. The van der Waals surface area contributed by atoms with Crippen LogP contribution in [0.5, 0.6) is 0 Å². The van der Waals surface area contributed by atoms with Crippen LogP contribution in [-0.2, 0) is 22.9 Å². The monoisotopic (exact) mass is 298 g/mol. The van der Waals surface area contributed by atoms with E-state index in [0.29, 0.717) is 30.1 Å². The first-order valence-corrected chi connectivity index (χ1v) is 8.77. The number of benzene rings is 1. The lowest BCUT2D eigenvalue weighted by molar-refractivity contribution is 0.426. The second kappa shape index (κ2) is 7.09. The van der Waals surface area contributed by atoms with Crippen molar-refractivity contribution < 1.29 is 8.42 Å². The maximum Gasteiger partial charge on any atom is 0.243 e. The minimum Gasteiger partial charge on any atom is -0.398 e. The first-order chi connectivity index (χ1) is 9.42. The van der Waals surface area contributed by atoms with Gasteiger partial charge in [-0.15, -0.1) is 0 Å². The Balaban J connectivity index is 3.46. The molecule has 0 saturated heterocycles. The molecular weight excluding hydrogens is 272 g/mol. The van der Waals surface area contributed by atoms with Gasteiger partial charge in [0.2, 0.25) is 10.0 Å². The Morgan fingerprint density at radius 3 is 2.20 bits per heavy atom. The summed E-state index contributed by atoms with van der Waals surface area (Å²) in [5.74, 6) is 0. The van der Waals surface area contributed by atoms with E-state index in [1.165, 1.54) is 4.31 Å². The summed E-state index contributed by atoms with van der Waals surface area (Å²) in [6.45, 7) is 8.81. The quantitative estimate of drug-likeness (QED) is 0.787. The Kier molecular flexibility index (Phi) is 6.02. The molecule has 20 heavy (non-hydrogen) atoms. The smallest absolute Gasteiger partial charge is 0.243 e. The molecule has 0 unspecified atom stereocenters. The molecule has 5 heteroatoms. The van der Waals surface area contributed by atoms with Crippen molar-refractivity contribution in [3.05, 3.63) is 23.3 Å². The Morgan fingerprint density at radius 1 is 1.10 bits per heavy atom. The summed E-state index contributed by atoms with van der Waals surface area (Å²) in [6, 6.07) is 3.66. The number of sulfonamides is 1. The highest BCUT2D eigenvalue weighted by Crippen LogP contribution is 2.27. The van der Waals surface area contributed by atoms with Gasteiger partial charge in [-0.05, 0) is 42.5 Å². The lowest BCUT2D eigenvalue weighted by Gasteiger charge is -2.22. The van der Waals surface area contributed by atoms with Gasteiger partial charge in [-0.3, -0.25) is 0 Å². The lowest BCUT2D eigenvalue weighted by atomic mass is 10.1. The van der Waals surface area contributed by atoms with Crippen molar-refractivity contribution in [2.24, 2.45) is 0 Å². The molecule has 0 aliphatic heterocycles. The summed E-state index contributed by atoms with van der Waals surface area (Å²) < 4.78 is 27.2. The fourth-order valence-corrected chi connectivity index (χ4v) is 4.29. The van der Waals surface area contributed by atoms with E-state index in [9.17, 15) is 8.42 Å². The van der Waals surface area contributed by atoms with Crippen LogP contribution in [0.15, 0.2) is 17.0 Å². The van der Waals surface area contributed by atoms with Gasteiger partial charge in [0.1, 0.15) is 0 Å². The molecule has 0 spiro atoms. The van der Waals surface area contributed by atoms with Crippen LogP contribution in [0.25, 0.3) is 0 Å². The number of anilines is 1. The standard InChI is InChI=1S/C15H26N2O2S/c1-5-9-17(8-4)20(18,19)15-11-12(6-2)10-14(16)13(15)7-3/h10-11H,5-9,16H2,1-4H3. The van der Waals surface area contributed by atoms with Gasteiger partial charge >= 0.3 is 0 Å². The molecule has 1 aromatic carbocycles. The fraction of sp³-hybridized carbons (Fsp3) is 0.600. The Labute approximate surface area is 123 Å². The van der Waals surface area contributed by atoms with E-state index >= 15 is 0 Å². The van der Waals surface area contributed by atoms with Gasteiger partial charge in [0.25, 0.3) is 0 Å². The van der Waals surface area contributed by atoms with E-state index in [0.717, 1.165) is 24.0 Å². The summed E-state index contributed by atoms with van der Waals surface area (Å²) in [4.78, 5) is 0.382. The van der Waals surface area contributed by atoms with Crippen LogP contribution in [0.3, 0.4) is 0 Å². The van der Waals surface area contributed by atoms with E-state index in [-0.39, 0.29) is 0 Å². The number of rotatable bonds is 7. The molecule has 1 aromatic rings. The van der Waals surface area contributed by atoms with Gasteiger partial charge in [0, 0.05) is 18.8 Å². The third-order valence-electron chi connectivity index (χ3n) is 3.51. The maximum atomic E-state index is 12.8. The van der Waals surface area contributed by atoms with Crippen molar-refractivity contribution in [3.8, 4) is 0 Å². The van der Waals surface area contributed by atoms with Crippen molar-refractivity contribution in [1.29, 1.82) is 0 Å². The largest absolute Gasteiger partial charge is 0.398 e. The van der Waals surface area contributed by atoms with Gasteiger partial charge in [0.05, 0.1) is 4.90 Å². The van der Waals surface area contributed by atoms with E-state index in [1.54, 1.807) is 6.07 Å². The predicted octanol–water partition coefficient (Wildman–Crippen LogP) is 2.81. The summed E-state index contributed by atoms with van der Waals surface area (Å²) in [5.41, 5.74) is 8.32. The highest BCUT2D eigenvalue weighted by Gasteiger charge is 2.26. The van der Waals surface area contributed by atoms with E-state index in [1.807, 2.05) is 33.8 Å². The van der Waals surface area contributed by atoms with Crippen molar-refractivity contribution in [1.82, 2.24) is 4.31 Å². The molecule has 0 bridgehead atoms. The first kappa shape index (κ1) is 17.0. The number of nitrogens with zero attached hydrogens (tertiary/aromatic N) is 1. The van der Waals surface area contributed by atoms with Crippen LogP contribution >= 0.6 is 0 Å². The minimum absolute atomic E-state index is 0.382. The highest BCUT2D eigenvalue weighted by atomic mass is 32.2. The zero-order chi connectivity index (χ0) is 15.3. The van der Waals surface area contributed by atoms with Crippen LogP contribution in [0, 0.1) is 0 Å². The van der Waals surface area contributed by atoms with Gasteiger partial charge in [-0.1, -0.05) is 27.7 Å². The average molecular weight is 298 g/mol. The Morgan fingerprint density at radius 2 is 1.75 bits per heavy atom. The molecule has 114 valence electrons. The maximum absolute atomic E-state index is 12.8.